The van der Waals surface area contributed by atoms with Crippen LogP contribution in [0.1, 0.15) is 39.5 Å². The van der Waals surface area contributed by atoms with Crippen molar-refractivity contribution in [3.63, 3.8) is 0 Å². The van der Waals surface area contributed by atoms with Gasteiger partial charge in [0.15, 0.2) is 0 Å². The van der Waals surface area contributed by atoms with Crippen LogP contribution in [0.5, 0.6) is 5.75 Å². The SMILES string of the molecule is CC1CCN(C2CCN(Sc3cccc(OC(C)(F)F)c3)CC2)CC1. The summed E-state index contributed by atoms with van der Waals surface area (Å²) in [6.07, 6.45) is 1.87. The van der Waals surface area contributed by atoms with Crippen LogP contribution in [0.2, 0.25) is 0 Å². The molecule has 6 heteroatoms. The number of likely N-dealkylation sites (tertiary alicyclic amines) is 1. The second-order valence-electron chi connectivity index (χ2n) is 7.35. The largest absolute Gasteiger partial charge is 0.433 e. The Labute approximate surface area is 153 Å². The van der Waals surface area contributed by atoms with Crippen LogP contribution in [0.15, 0.2) is 29.2 Å². The number of piperidine rings is 2. The van der Waals surface area contributed by atoms with Gasteiger partial charge in [0.2, 0.25) is 0 Å². The van der Waals surface area contributed by atoms with E-state index in [1.807, 2.05) is 6.07 Å². The van der Waals surface area contributed by atoms with Gasteiger partial charge in [0.25, 0.3) is 0 Å². The minimum absolute atomic E-state index is 0.217. The van der Waals surface area contributed by atoms with Gasteiger partial charge in [-0.05, 0) is 74.8 Å². The summed E-state index contributed by atoms with van der Waals surface area (Å²) in [5.41, 5.74) is 0. The molecule has 0 bridgehead atoms. The van der Waals surface area contributed by atoms with Crippen molar-refractivity contribution in [1.29, 1.82) is 0 Å². The molecule has 140 valence electrons. The number of hydrogen-bond donors (Lipinski definition) is 0. The first-order valence-corrected chi connectivity index (χ1v) is 10.0. The summed E-state index contributed by atoms with van der Waals surface area (Å²) in [5, 5.41) is 0. The third-order valence-electron chi connectivity index (χ3n) is 5.10. The zero-order valence-corrected chi connectivity index (χ0v) is 15.9. The Balaban J connectivity index is 1.48. The first kappa shape index (κ1) is 18.9. The number of benzene rings is 1. The molecule has 0 aliphatic carbocycles. The molecule has 0 saturated carbocycles. The molecular weight excluding hydrogens is 342 g/mol. The molecule has 3 rings (SSSR count). The van der Waals surface area contributed by atoms with E-state index in [0.717, 1.165) is 30.8 Å². The maximum absolute atomic E-state index is 13.0. The van der Waals surface area contributed by atoms with Gasteiger partial charge in [-0.3, -0.25) is 0 Å². The van der Waals surface area contributed by atoms with Crippen molar-refractivity contribution in [2.75, 3.05) is 26.2 Å². The van der Waals surface area contributed by atoms with Crippen LogP contribution < -0.4 is 4.74 Å². The third-order valence-corrected chi connectivity index (χ3v) is 6.18. The number of alkyl halides is 2. The van der Waals surface area contributed by atoms with Crippen LogP contribution in [0, 0.1) is 5.92 Å². The van der Waals surface area contributed by atoms with Crippen molar-refractivity contribution in [3.05, 3.63) is 24.3 Å². The Morgan fingerprint density at radius 3 is 2.40 bits per heavy atom. The smallest absolute Gasteiger partial charge is 0.394 e. The first-order valence-electron chi connectivity index (χ1n) is 9.23. The summed E-state index contributed by atoms with van der Waals surface area (Å²) in [4.78, 5) is 3.62. The van der Waals surface area contributed by atoms with Crippen LogP contribution in [0.3, 0.4) is 0 Å². The molecule has 2 fully saturated rings. The summed E-state index contributed by atoms with van der Waals surface area (Å²) < 4.78 is 33.0. The molecule has 0 unspecified atom stereocenters. The second-order valence-corrected chi connectivity index (χ2v) is 8.53. The van der Waals surface area contributed by atoms with Gasteiger partial charge in [0.1, 0.15) is 5.75 Å². The fourth-order valence-corrected chi connectivity index (χ4v) is 4.64. The molecule has 2 aliphatic rings. The van der Waals surface area contributed by atoms with E-state index in [-0.39, 0.29) is 5.75 Å². The van der Waals surface area contributed by atoms with E-state index in [4.69, 9.17) is 0 Å². The predicted molar refractivity (Wildman–Crippen MR) is 98.1 cm³/mol. The second kappa shape index (κ2) is 8.23. The van der Waals surface area contributed by atoms with E-state index in [1.165, 1.54) is 38.8 Å². The molecule has 2 aliphatic heterocycles. The Hall–Kier alpha value is -0.850. The van der Waals surface area contributed by atoms with Crippen molar-refractivity contribution in [2.45, 2.75) is 56.6 Å². The molecule has 1 aromatic carbocycles. The molecule has 2 heterocycles. The van der Waals surface area contributed by atoms with Crippen molar-refractivity contribution in [3.8, 4) is 5.75 Å². The van der Waals surface area contributed by atoms with Gasteiger partial charge in [-0.2, -0.15) is 8.78 Å². The molecule has 0 atom stereocenters. The molecule has 3 nitrogen and oxygen atoms in total. The highest BCUT2D eigenvalue weighted by Crippen LogP contribution is 2.32. The Bertz CT molecular complexity index is 551. The summed E-state index contributed by atoms with van der Waals surface area (Å²) in [6, 6.07) is 7.69. The zero-order valence-electron chi connectivity index (χ0n) is 15.1. The van der Waals surface area contributed by atoms with Crippen LogP contribution in [-0.4, -0.2) is 47.5 Å². The molecule has 0 spiro atoms. The lowest BCUT2D eigenvalue weighted by atomic mass is 9.95. The summed E-state index contributed by atoms with van der Waals surface area (Å²) in [6.45, 7) is 7.67. The quantitative estimate of drug-likeness (QED) is 0.686. The van der Waals surface area contributed by atoms with Crippen LogP contribution >= 0.6 is 11.9 Å². The lowest BCUT2D eigenvalue weighted by Gasteiger charge is -2.41. The van der Waals surface area contributed by atoms with Gasteiger partial charge in [-0.1, -0.05) is 13.0 Å². The highest BCUT2D eigenvalue weighted by Gasteiger charge is 2.27. The molecule has 25 heavy (non-hydrogen) atoms. The molecule has 0 aromatic heterocycles. The minimum atomic E-state index is -3.15. The highest BCUT2D eigenvalue weighted by atomic mass is 32.2. The Kier molecular flexibility index (Phi) is 6.23. The number of rotatable bonds is 5. The Morgan fingerprint density at radius 1 is 1.08 bits per heavy atom. The molecule has 1 aromatic rings. The maximum atomic E-state index is 13.0. The molecule has 0 radical (unpaired) electrons. The third kappa shape index (κ3) is 5.83. The number of hydrogen-bond acceptors (Lipinski definition) is 4. The molecule has 0 amide bonds. The normalized spacial score (nSPS) is 22.2. The van der Waals surface area contributed by atoms with Crippen molar-refractivity contribution in [1.82, 2.24) is 9.21 Å². The predicted octanol–water partition coefficient (Wildman–Crippen LogP) is 4.88. The lowest BCUT2D eigenvalue weighted by molar-refractivity contribution is -0.159. The van der Waals surface area contributed by atoms with Gasteiger partial charge in [0.05, 0.1) is 0 Å². The summed E-state index contributed by atoms with van der Waals surface area (Å²) in [5.74, 6) is 1.09. The van der Waals surface area contributed by atoms with E-state index in [1.54, 1.807) is 30.1 Å². The highest BCUT2D eigenvalue weighted by molar-refractivity contribution is 7.97. The zero-order chi connectivity index (χ0) is 17.9. The summed E-state index contributed by atoms with van der Waals surface area (Å²) in [7, 11) is 0. The summed E-state index contributed by atoms with van der Waals surface area (Å²) >= 11 is 1.64. The number of halogens is 2. The van der Waals surface area contributed by atoms with Crippen LogP contribution in [0.4, 0.5) is 8.78 Å². The average Bonchev–Trinajstić information content (AvgIpc) is 2.55. The standard InChI is InChI=1S/C19H28F2N2OS/c1-15-6-10-22(11-7-15)16-8-12-23(13-9-16)25-18-5-3-4-17(14-18)24-19(2,20)21/h3-5,14-16H,6-13H2,1-2H3. The van der Waals surface area contributed by atoms with Gasteiger partial charge in [-0.15, -0.1) is 0 Å². The van der Waals surface area contributed by atoms with Gasteiger partial charge >= 0.3 is 6.11 Å². The number of nitrogens with zero attached hydrogens (tertiary/aromatic N) is 2. The fraction of sp³-hybridized carbons (Fsp3) is 0.684. The van der Waals surface area contributed by atoms with Crippen LogP contribution in [0.25, 0.3) is 0 Å². The van der Waals surface area contributed by atoms with Crippen LogP contribution in [-0.2, 0) is 0 Å². The van der Waals surface area contributed by atoms with Gasteiger partial charge in [-0.25, -0.2) is 4.31 Å². The number of ether oxygens (including phenoxy) is 1. The van der Waals surface area contributed by atoms with E-state index >= 15 is 0 Å². The minimum Gasteiger partial charge on any atom is -0.433 e. The molecular formula is C19H28F2N2OS. The molecule has 0 N–H and O–H groups in total. The maximum Gasteiger partial charge on any atom is 0.394 e. The lowest BCUT2D eigenvalue weighted by Crippen LogP contribution is -2.46. The van der Waals surface area contributed by atoms with E-state index in [0.29, 0.717) is 6.04 Å². The van der Waals surface area contributed by atoms with E-state index in [2.05, 4.69) is 20.9 Å². The average molecular weight is 371 g/mol. The van der Waals surface area contributed by atoms with Gasteiger partial charge < -0.3 is 9.64 Å². The Morgan fingerprint density at radius 2 is 1.76 bits per heavy atom. The van der Waals surface area contributed by atoms with E-state index < -0.39 is 6.11 Å². The van der Waals surface area contributed by atoms with Crippen molar-refractivity contribution in [2.24, 2.45) is 5.92 Å². The van der Waals surface area contributed by atoms with Gasteiger partial charge in [0, 0.05) is 31.0 Å². The van der Waals surface area contributed by atoms with Crippen molar-refractivity contribution >= 4 is 11.9 Å². The fourth-order valence-electron chi connectivity index (χ4n) is 3.64. The monoisotopic (exact) mass is 370 g/mol. The van der Waals surface area contributed by atoms with E-state index in [9.17, 15) is 8.78 Å². The molecule has 2 saturated heterocycles. The first-order chi connectivity index (χ1) is 11.9. The van der Waals surface area contributed by atoms with Crippen molar-refractivity contribution < 1.29 is 13.5 Å². The topological polar surface area (TPSA) is 15.7 Å².